The van der Waals surface area contributed by atoms with Gasteiger partial charge in [0.1, 0.15) is 5.56 Å². The highest BCUT2D eigenvalue weighted by Crippen LogP contribution is 2.33. The second kappa shape index (κ2) is 8.46. The van der Waals surface area contributed by atoms with Crippen molar-refractivity contribution in [1.82, 2.24) is 4.98 Å². The van der Waals surface area contributed by atoms with E-state index in [9.17, 15) is 14.4 Å². The topological polar surface area (TPSA) is 82.3 Å². The maximum atomic E-state index is 12.8. The predicted octanol–water partition coefficient (Wildman–Crippen LogP) is 4.42. The van der Waals surface area contributed by atoms with Gasteiger partial charge in [-0.3, -0.25) is 14.4 Å². The van der Waals surface area contributed by atoms with Crippen molar-refractivity contribution in [3.05, 3.63) is 93.4 Å². The molecule has 2 aromatic carbocycles. The van der Waals surface area contributed by atoms with E-state index in [2.05, 4.69) is 27.3 Å². The number of amides is 1. The molecule has 0 saturated carbocycles. The van der Waals surface area contributed by atoms with Crippen LogP contribution in [0.5, 0.6) is 0 Å². The second-order valence-corrected chi connectivity index (χ2v) is 9.19. The molecule has 6 nitrogen and oxygen atoms in total. The molecule has 164 valence electrons. The van der Waals surface area contributed by atoms with Crippen LogP contribution in [0.15, 0.2) is 65.5 Å². The van der Waals surface area contributed by atoms with Crippen LogP contribution in [0.3, 0.4) is 0 Å². The monoisotopic (exact) mass is 429 g/mol. The average molecular weight is 430 g/mol. The van der Waals surface area contributed by atoms with Crippen LogP contribution >= 0.6 is 0 Å². The van der Waals surface area contributed by atoms with Crippen LogP contribution in [0.25, 0.3) is 0 Å². The molecule has 0 spiro atoms. The molecule has 0 aliphatic heterocycles. The third-order valence-corrected chi connectivity index (χ3v) is 5.79. The minimum Gasteiger partial charge on any atom is -0.370 e. The van der Waals surface area contributed by atoms with E-state index in [-0.39, 0.29) is 16.8 Å². The van der Waals surface area contributed by atoms with Gasteiger partial charge in [0.15, 0.2) is 5.78 Å². The van der Waals surface area contributed by atoms with Crippen LogP contribution in [-0.4, -0.2) is 23.7 Å². The Kier molecular flexibility index (Phi) is 5.70. The molecule has 6 heteroatoms. The van der Waals surface area contributed by atoms with Gasteiger partial charge in [-0.1, -0.05) is 44.2 Å². The van der Waals surface area contributed by atoms with E-state index in [1.54, 1.807) is 12.1 Å². The van der Waals surface area contributed by atoms with E-state index < -0.39 is 11.5 Å². The number of aromatic nitrogens is 1. The van der Waals surface area contributed by atoms with Gasteiger partial charge in [-0.05, 0) is 47.7 Å². The van der Waals surface area contributed by atoms with E-state index in [4.69, 9.17) is 0 Å². The summed E-state index contributed by atoms with van der Waals surface area (Å²) in [6.07, 6.45) is 0.994. The normalized spacial score (nSPS) is 14.5. The first-order valence-electron chi connectivity index (χ1n) is 10.7. The second-order valence-electron chi connectivity index (χ2n) is 9.19. The van der Waals surface area contributed by atoms with Crippen molar-refractivity contribution in [3.8, 4) is 0 Å². The molecular weight excluding hydrogens is 402 g/mol. The summed E-state index contributed by atoms with van der Waals surface area (Å²) in [5.74, 6) is -0.579. The fraction of sp³-hybridized carbons (Fsp3) is 0.269. The van der Waals surface area contributed by atoms with Crippen molar-refractivity contribution in [2.45, 2.75) is 33.2 Å². The minimum absolute atomic E-state index is 0.0487. The lowest BCUT2D eigenvalue weighted by Crippen LogP contribution is -2.32. The Labute approximate surface area is 187 Å². The molecule has 0 unspecified atom stereocenters. The molecular formula is C26H27N3O3. The Morgan fingerprint density at radius 1 is 1.03 bits per heavy atom. The van der Waals surface area contributed by atoms with Gasteiger partial charge in [-0.25, -0.2) is 0 Å². The third-order valence-electron chi connectivity index (χ3n) is 5.79. The van der Waals surface area contributed by atoms with Crippen molar-refractivity contribution in [1.29, 1.82) is 0 Å². The summed E-state index contributed by atoms with van der Waals surface area (Å²) in [5, 5.41) is 2.76. The number of aromatic amines is 1. The molecule has 2 N–H and O–H groups in total. The van der Waals surface area contributed by atoms with E-state index in [0.717, 1.165) is 12.2 Å². The van der Waals surface area contributed by atoms with E-state index >= 15 is 0 Å². The first kappa shape index (κ1) is 21.6. The Morgan fingerprint density at radius 3 is 2.41 bits per heavy atom. The number of fused-ring (bicyclic) bond motifs is 1. The lowest BCUT2D eigenvalue weighted by Gasteiger charge is -2.29. The van der Waals surface area contributed by atoms with Crippen molar-refractivity contribution >= 4 is 23.1 Å². The Morgan fingerprint density at radius 2 is 1.72 bits per heavy atom. The summed E-state index contributed by atoms with van der Waals surface area (Å²) in [6, 6.07) is 19.0. The van der Waals surface area contributed by atoms with Crippen molar-refractivity contribution in [2.75, 3.05) is 17.3 Å². The number of nitrogens with one attached hydrogen (secondary N) is 2. The Hall–Kier alpha value is -3.67. The van der Waals surface area contributed by atoms with Gasteiger partial charge in [0, 0.05) is 42.6 Å². The molecule has 0 saturated heterocycles. The van der Waals surface area contributed by atoms with Gasteiger partial charge in [0.2, 0.25) is 0 Å². The molecule has 0 fully saturated rings. The van der Waals surface area contributed by atoms with Gasteiger partial charge in [-0.15, -0.1) is 0 Å². The van der Waals surface area contributed by atoms with Crippen molar-refractivity contribution < 1.29 is 9.59 Å². The number of Topliss-reactive ketones (excluding diaryl/α,β-unsaturated/α-hetero) is 1. The number of carbonyl (C=O) groups is 2. The predicted molar refractivity (Wildman–Crippen MR) is 126 cm³/mol. The number of anilines is 2. The van der Waals surface area contributed by atoms with Crippen LogP contribution in [0.1, 0.15) is 52.2 Å². The third kappa shape index (κ3) is 4.64. The molecule has 1 amide bonds. The lowest BCUT2D eigenvalue weighted by molar-refractivity contribution is 0.0910. The fourth-order valence-corrected chi connectivity index (χ4v) is 4.14. The zero-order chi connectivity index (χ0) is 22.9. The van der Waals surface area contributed by atoms with Crippen molar-refractivity contribution in [3.63, 3.8) is 0 Å². The molecule has 0 bridgehead atoms. The molecule has 1 aliphatic carbocycles. The maximum Gasteiger partial charge on any atom is 0.261 e. The van der Waals surface area contributed by atoms with Gasteiger partial charge >= 0.3 is 0 Å². The average Bonchev–Trinajstić information content (AvgIpc) is 2.73. The van der Waals surface area contributed by atoms with Crippen LogP contribution < -0.4 is 15.8 Å². The number of benzene rings is 2. The molecule has 4 rings (SSSR count). The number of hydrogen-bond donors (Lipinski definition) is 2. The van der Waals surface area contributed by atoms with Gasteiger partial charge < -0.3 is 15.2 Å². The first-order chi connectivity index (χ1) is 15.2. The van der Waals surface area contributed by atoms with Crippen LogP contribution in [-0.2, 0) is 13.0 Å². The maximum absolute atomic E-state index is 12.8. The molecule has 0 radical (unpaired) electrons. The number of pyridine rings is 1. The van der Waals surface area contributed by atoms with Gasteiger partial charge in [-0.2, -0.15) is 0 Å². The number of ketones is 1. The highest BCUT2D eigenvalue weighted by molar-refractivity contribution is 6.06. The minimum atomic E-state index is -0.530. The summed E-state index contributed by atoms with van der Waals surface area (Å²) in [5.41, 5.74) is 3.10. The summed E-state index contributed by atoms with van der Waals surface area (Å²) in [6.45, 7) is 4.75. The summed E-state index contributed by atoms with van der Waals surface area (Å²) in [7, 11) is 2.01. The SMILES string of the molecule is CN(Cc1ccccc1)c1ccc(NC(=O)c2cc3c([nH]c2=O)CC(C)(C)CC3=O)cc1. The van der Waals surface area contributed by atoms with Gasteiger partial charge in [0.05, 0.1) is 0 Å². The molecule has 1 aliphatic rings. The lowest BCUT2D eigenvalue weighted by atomic mass is 9.75. The van der Waals surface area contributed by atoms with Crippen LogP contribution in [0, 0.1) is 5.41 Å². The van der Waals surface area contributed by atoms with E-state index in [1.165, 1.54) is 11.6 Å². The number of nitrogens with zero attached hydrogens (tertiary/aromatic N) is 1. The molecule has 32 heavy (non-hydrogen) atoms. The first-order valence-corrected chi connectivity index (χ1v) is 10.7. The van der Waals surface area contributed by atoms with Crippen molar-refractivity contribution in [2.24, 2.45) is 5.41 Å². The fourth-order valence-electron chi connectivity index (χ4n) is 4.14. The van der Waals surface area contributed by atoms with Crippen LogP contribution in [0.2, 0.25) is 0 Å². The quantitative estimate of drug-likeness (QED) is 0.629. The largest absolute Gasteiger partial charge is 0.370 e. The number of H-pyrrole nitrogens is 1. The Balaban J connectivity index is 1.48. The van der Waals surface area contributed by atoms with Gasteiger partial charge in [0.25, 0.3) is 11.5 Å². The summed E-state index contributed by atoms with van der Waals surface area (Å²) in [4.78, 5) is 42.7. The molecule has 1 aromatic heterocycles. The smallest absolute Gasteiger partial charge is 0.261 e. The number of carbonyl (C=O) groups excluding carboxylic acids is 2. The highest BCUT2D eigenvalue weighted by atomic mass is 16.2. The number of hydrogen-bond acceptors (Lipinski definition) is 4. The Bertz CT molecular complexity index is 1210. The molecule has 1 heterocycles. The van der Waals surface area contributed by atoms with Crippen LogP contribution in [0.4, 0.5) is 11.4 Å². The molecule has 3 aromatic rings. The standard InChI is InChI=1S/C26H27N3O3/c1-26(2)14-22-20(23(30)15-26)13-21(25(32)28-22)24(31)27-18-9-11-19(12-10-18)29(3)16-17-7-5-4-6-8-17/h4-13H,14-16H2,1-3H3,(H,27,31)(H,28,32). The summed E-state index contributed by atoms with van der Waals surface area (Å²) >= 11 is 0. The summed E-state index contributed by atoms with van der Waals surface area (Å²) < 4.78 is 0. The number of rotatable bonds is 5. The zero-order valence-corrected chi connectivity index (χ0v) is 18.6. The van der Waals surface area contributed by atoms with E-state index in [1.807, 2.05) is 51.2 Å². The van der Waals surface area contributed by atoms with E-state index in [0.29, 0.717) is 29.8 Å². The zero-order valence-electron chi connectivity index (χ0n) is 18.6. The highest BCUT2D eigenvalue weighted by Gasteiger charge is 2.32. The molecule has 0 atom stereocenters.